The van der Waals surface area contributed by atoms with E-state index in [0.717, 1.165) is 12.8 Å². The van der Waals surface area contributed by atoms with Crippen molar-refractivity contribution < 1.29 is 14.0 Å². The van der Waals surface area contributed by atoms with Gasteiger partial charge in [-0.1, -0.05) is 31.0 Å². The second-order valence-electron chi connectivity index (χ2n) is 5.37. The molecule has 0 aromatic heterocycles. The van der Waals surface area contributed by atoms with Crippen LogP contribution in [0.1, 0.15) is 36.5 Å². The zero-order valence-electron chi connectivity index (χ0n) is 12.6. The number of benzene rings is 1. The number of piperazine rings is 1. The van der Waals surface area contributed by atoms with Gasteiger partial charge >= 0.3 is 0 Å². The van der Waals surface area contributed by atoms with Gasteiger partial charge in [0, 0.05) is 32.6 Å². The van der Waals surface area contributed by atoms with E-state index in [2.05, 4.69) is 0 Å². The van der Waals surface area contributed by atoms with Crippen LogP contribution in [0.5, 0.6) is 0 Å². The zero-order valence-corrected chi connectivity index (χ0v) is 13.4. The fourth-order valence-corrected chi connectivity index (χ4v) is 2.75. The molecule has 1 aromatic carbocycles. The maximum absolute atomic E-state index is 13.8. The molecule has 1 aromatic rings. The summed E-state index contributed by atoms with van der Waals surface area (Å²) in [7, 11) is 0. The Labute approximate surface area is 134 Å². The van der Waals surface area contributed by atoms with Gasteiger partial charge in [0.15, 0.2) is 0 Å². The Morgan fingerprint density at radius 1 is 1.18 bits per heavy atom. The third kappa shape index (κ3) is 3.77. The van der Waals surface area contributed by atoms with Gasteiger partial charge in [-0.15, -0.1) is 0 Å². The van der Waals surface area contributed by atoms with E-state index in [0.29, 0.717) is 32.6 Å². The zero-order chi connectivity index (χ0) is 16.1. The van der Waals surface area contributed by atoms with E-state index in [1.807, 2.05) is 6.92 Å². The second-order valence-corrected chi connectivity index (χ2v) is 5.78. The Bertz CT molecular complexity index is 537. The lowest BCUT2D eigenvalue weighted by atomic mass is 10.1. The van der Waals surface area contributed by atoms with Gasteiger partial charge in [0.25, 0.3) is 5.91 Å². The molecule has 1 heterocycles. The number of amides is 2. The van der Waals surface area contributed by atoms with Crippen molar-refractivity contribution in [2.24, 2.45) is 0 Å². The lowest BCUT2D eigenvalue weighted by Gasteiger charge is -2.35. The minimum atomic E-state index is -0.612. The van der Waals surface area contributed by atoms with Crippen molar-refractivity contribution in [3.8, 4) is 0 Å². The van der Waals surface area contributed by atoms with Gasteiger partial charge in [0.1, 0.15) is 5.82 Å². The van der Waals surface area contributed by atoms with Gasteiger partial charge in [-0.05, 0) is 18.6 Å². The Balaban J connectivity index is 1.97. The molecular formula is C16H20ClFN2O2. The number of unbranched alkanes of at least 4 members (excludes halogenated alkanes) is 1. The first-order valence-electron chi connectivity index (χ1n) is 7.55. The summed E-state index contributed by atoms with van der Waals surface area (Å²) in [5.74, 6) is -0.902. The molecule has 0 radical (unpaired) electrons. The molecule has 0 unspecified atom stereocenters. The summed E-state index contributed by atoms with van der Waals surface area (Å²) < 4.78 is 13.8. The molecule has 1 aliphatic heterocycles. The van der Waals surface area contributed by atoms with E-state index < -0.39 is 11.7 Å². The molecule has 2 rings (SSSR count). The number of hydrogen-bond donors (Lipinski definition) is 0. The van der Waals surface area contributed by atoms with Crippen LogP contribution >= 0.6 is 11.6 Å². The molecule has 0 spiro atoms. The summed E-state index contributed by atoms with van der Waals surface area (Å²) in [5, 5.41) is 0.117. The van der Waals surface area contributed by atoms with Crippen LogP contribution in [0.4, 0.5) is 4.39 Å². The van der Waals surface area contributed by atoms with Crippen molar-refractivity contribution in [3.05, 3.63) is 34.6 Å². The van der Waals surface area contributed by atoms with Gasteiger partial charge in [-0.3, -0.25) is 9.59 Å². The van der Waals surface area contributed by atoms with Crippen LogP contribution < -0.4 is 0 Å². The molecule has 2 amide bonds. The van der Waals surface area contributed by atoms with Crippen molar-refractivity contribution in [3.63, 3.8) is 0 Å². The maximum Gasteiger partial charge on any atom is 0.258 e. The molecule has 0 bridgehead atoms. The third-order valence-corrected chi connectivity index (χ3v) is 4.16. The first-order chi connectivity index (χ1) is 10.5. The third-order valence-electron chi connectivity index (χ3n) is 3.84. The van der Waals surface area contributed by atoms with E-state index in [1.165, 1.54) is 18.2 Å². The Morgan fingerprint density at radius 2 is 1.82 bits per heavy atom. The smallest absolute Gasteiger partial charge is 0.258 e. The molecule has 4 nitrogen and oxygen atoms in total. The van der Waals surface area contributed by atoms with Gasteiger partial charge in [-0.2, -0.15) is 0 Å². The fourth-order valence-electron chi connectivity index (χ4n) is 2.51. The van der Waals surface area contributed by atoms with Gasteiger partial charge in [-0.25, -0.2) is 4.39 Å². The van der Waals surface area contributed by atoms with Gasteiger partial charge < -0.3 is 9.80 Å². The molecule has 1 saturated heterocycles. The Morgan fingerprint density at radius 3 is 2.41 bits per heavy atom. The highest BCUT2D eigenvalue weighted by atomic mass is 35.5. The first-order valence-corrected chi connectivity index (χ1v) is 7.93. The van der Waals surface area contributed by atoms with Crippen molar-refractivity contribution in [2.45, 2.75) is 26.2 Å². The van der Waals surface area contributed by atoms with E-state index >= 15 is 0 Å². The highest BCUT2D eigenvalue weighted by Crippen LogP contribution is 2.21. The molecule has 6 heteroatoms. The van der Waals surface area contributed by atoms with Crippen LogP contribution in [0.15, 0.2) is 18.2 Å². The summed E-state index contributed by atoms with van der Waals surface area (Å²) in [5.41, 5.74) is -0.0880. The van der Waals surface area contributed by atoms with E-state index in [9.17, 15) is 14.0 Å². The number of carbonyl (C=O) groups excluding carboxylic acids is 2. The Kier molecular flexibility index (Phi) is 5.77. The SMILES string of the molecule is CCCCC(=O)N1CCN(C(=O)c2c(F)cccc2Cl)CC1. The number of halogens is 2. The van der Waals surface area contributed by atoms with Crippen LogP contribution in [0.25, 0.3) is 0 Å². The van der Waals surface area contributed by atoms with Crippen LogP contribution in [-0.2, 0) is 4.79 Å². The summed E-state index contributed by atoms with van der Waals surface area (Å²) >= 11 is 5.93. The summed E-state index contributed by atoms with van der Waals surface area (Å²) in [6.45, 7) is 3.82. The fraction of sp³-hybridized carbons (Fsp3) is 0.500. The van der Waals surface area contributed by atoms with Gasteiger partial charge in [0.05, 0.1) is 10.6 Å². The lowest BCUT2D eigenvalue weighted by molar-refractivity contribution is -0.132. The molecule has 120 valence electrons. The number of nitrogens with zero attached hydrogens (tertiary/aromatic N) is 2. The highest BCUT2D eigenvalue weighted by Gasteiger charge is 2.27. The van der Waals surface area contributed by atoms with E-state index in [-0.39, 0.29) is 16.5 Å². The van der Waals surface area contributed by atoms with Crippen LogP contribution in [0.3, 0.4) is 0 Å². The molecule has 0 saturated carbocycles. The number of rotatable bonds is 4. The molecule has 22 heavy (non-hydrogen) atoms. The largest absolute Gasteiger partial charge is 0.339 e. The first kappa shape index (κ1) is 16.7. The van der Waals surface area contributed by atoms with Crippen molar-refractivity contribution in [1.29, 1.82) is 0 Å². The normalized spacial score (nSPS) is 15.0. The number of hydrogen-bond acceptors (Lipinski definition) is 2. The van der Waals surface area contributed by atoms with E-state index in [4.69, 9.17) is 11.6 Å². The molecule has 0 atom stereocenters. The molecule has 1 aliphatic rings. The summed E-state index contributed by atoms with van der Waals surface area (Å²) in [4.78, 5) is 27.7. The lowest BCUT2D eigenvalue weighted by Crippen LogP contribution is -2.50. The summed E-state index contributed by atoms with van der Waals surface area (Å²) in [6, 6.07) is 4.20. The standard InChI is InChI=1S/C16H20ClFN2O2/c1-2-3-7-14(21)19-8-10-20(11-9-19)16(22)15-12(17)5-4-6-13(15)18/h4-6H,2-3,7-11H2,1H3. The molecule has 0 N–H and O–H groups in total. The van der Waals surface area contributed by atoms with Crippen molar-refractivity contribution in [1.82, 2.24) is 9.80 Å². The van der Waals surface area contributed by atoms with E-state index in [1.54, 1.807) is 9.80 Å². The molecule has 1 fully saturated rings. The highest BCUT2D eigenvalue weighted by molar-refractivity contribution is 6.33. The predicted octanol–water partition coefficient (Wildman–Crippen LogP) is 2.95. The topological polar surface area (TPSA) is 40.6 Å². The van der Waals surface area contributed by atoms with Gasteiger partial charge in [0.2, 0.25) is 5.91 Å². The maximum atomic E-state index is 13.8. The van der Waals surface area contributed by atoms with Crippen LogP contribution in [-0.4, -0.2) is 47.8 Å². The molecular weight excluding hydrogens is 307 g/mol. The summed E-state index contributed by atoms with van der Waals surface area (Å²) in [6.07, 6.45) is 2.41. The Hall–Kier alpha value is -1.62. The minimum absolute atomic E-state index is 0.0880. The van der Waals surface area contributed by atoms with Crippen molar-refractivity contribution in [2.75, 3.05) is 26.2 Å². The second kappa shape index (κ2) is 7.58. The quantitative estimate of drug-likeness (QED) is 0.853. The van der Waals surface area contributed by atoms with Crippen LogP contribution in [0.2, 0.25) is 5.02 Å². The molecule has 0 aliphatic carbocycles. The minimum Gasteiger partial charge on any atom is -0.339 e. The van der Waals surface area contributed by atoms with Crippen LogP contribution in [0, 0.1) is 5.82 Å². The average molecular weight is 327 g/mol. The monoisotopic (exact) mass is 326 g/mol. The number of carbonyl (C=O) groups is 2. The van der Waals surface area contributed by atoms with Crippen molar-refractivity contribution >= 4 is 23.4 Å². The average Bonchev–Trinajstić information content (AvgIpc) is 2.52. The predicted molar refractivity (Wildman–Crippen MR) is 83.4 cm³/mol.